The maximum atomic E-state index is 12.0. The summed E-state index contributed by atoms with van der Waals surface area (Å²) in [6.07, 6.45) is 0. The highest BCUT2D eigenvalue weighted by atomic mass is 16.5. The first-order valence-corrected chi connectivity index (χ1v) is 6.28. The van der Waals surface area contributed by atoms with E-state index in [1.54, 1.807) is 31.2 Å². The number of hydrogen-bond acceptors (Lipinski definition) is 4. The molecule has 0 aromatic heterocycles. The molecule has 0 spiro atoms. The van der Waals surface area contributed by atoms with Crippen LogP contribution in [0.5, 0.6) is 5.75 Å². The maximum Gasteiger partial charge on any atom is 0.255 e. The van der Waals surface area contributed by atoms with E-state index in [4.69, 9.17) is 10.5 Å². The second-order valence-corrected chi connectivity index (χ2v) is 4.57. The summed E-state index contributed by atoms with van der Waals surface area (Å²) in [5.41, 5.74) is 7.47. The standard InChI is InChI=1S/C14H17N3O3/c1-9(10-6-16-7-10)14(19)17-11-3-2-4-12(5-11)20-8-13(15)18/h2-5,16H,6-8H2,1H3,(H2,15,18)(H,17,19). The molecule has 2 rings (SSSR count). The van der Waals surface area contributed by atoms with Crippen molar-refractivity contribution < 1.29 is 14.3 Å². The zero-order valence-electron chi connectivity index (χ0n) is 11.2. The third kappa shape index (κ3) is 3.58. The molecule has 1 aromatic rings. The molecule has 106 valence electrons. The van der Waals surface area contributed by atoms with E-state index in [0.29, 0.717) is 11.4 Å². The number of carbonyl (C=O) groups excluding carboxylic acids is 2. The number of rotatable bonds is 5. The first kappa shape index (κ1) is 14.1. The van der Waals surface area contributed by atoms with Crippen LogP contribution in [0, 0.1) is 0 Å². The minimum atomic E-state index is -0.544. The average Bonchev–Trinajstić information content (AvgIpc) is 2.34. The number of ether oxygens (including phenoxy) is 1. The molecule has 1 saturated heterocycles. The van der Waals surface area contributed by atoms with Crippen LogP contribution in [0.1, 0.15) is 6.92 Å². The van der Waals surface area contributed by atoms with Crippen LogP contribution in [0.15, 0.2) is 35.4 Å². The molecule has 0 saturated carbocycles. The van der Waals surface area contributed by atoms with Gasteiger partial charge in [-0.15, -0.1) is 0 Å². The third-order valence-corrected chi connectivity index (χ3v) is 3.02. The molecule has 2 amide bonds. The van der Waals surface area contributed by atoms with Gasteiger partial charge in [0.15, 0.2) is 6.61 Å². The summed E-state index contributed by atoms with van der Waals surface area (Å²) in [5, 5.41) is 5.89. The van der Waals surface area contributed by atoms with E-state index < -0.39 is 5.91 Å². The van der Waals surface area contributed by atoms with Gasteiger partial charge in [0, 0.05) is 30.4 Å². The van der Waals surface area contributed by atoms with Crippen molar-refractivity contribution in [1.82, 2.24) is 5.32 Å². The smallest absolute Gasteiger partial charge is 0.255 e. The Hall–Kier alpha value is -2.34. The Morgan fingerprint density at radius 3 is 2.75 bits per heavy atom. The second-order valence-electron chi connectivity index (χ2n) is 4.57. The van der Waals surface area contributed by atoms with Crippen LogP contribution in [0.25, 0.3) is 0 Å². The van der Waals surface area contributed by atoms with Gasteiger partial charge in [0.05, 0.1) is 0 Å². The van der Waals surface area contributed by atoms with E-state index in [1.807, 2.05) is 0 Å². The van der Waals surface area contributed by atoms with E-state index in [9.17, 15) is 9.59 Å². The normalized spacial score (nSPS) is 13.3. The SMILES string of the molecule is CC(C(=O)Nc1cccc(OCC(N)=O)c1)=C1CNC1. The molecule has 0 bridgehead atoms. The van der Waals surface area contributed by atoms with Gasteiger partial charge in [-0.1, -0.05) is 6.07 Å². The molecule has 0 aliphatic carbocycles. The second kappa shape index (κ2) is 6.21. The fourth-order valence-corrected chi connectivity index (χ4v) is 1.72. The molecule has 6 heteroatoms. The Morgan fingerprint density at radius 1 is 1.40 bits per heavy atom. The predicted octanol–water partition coefficient (Wildman–Crippen LogP) is 0.409. The van der Waals surface area contributed by atoms with Gasteiger partial charge in [-0.3, -0.25) is 9.59 Å². The summed E-state index contributed by atoms with van der Waals surface area (Å²) in [5.74, 6) is -0.191. The summed E-state index contributed by atoms with van der Waals surface area (Å²) in [6.45, 7) is 3.15. The molecule has 1 aliphatic rings. The number of nitrogens with two attached hydrogens (primary N) is 1. The van der Waals surface area contributed by atoms with Crippen molar-refractivity contribution in [2.75, 3.05) is 25.0 Å². The molecule has 0 radical (unpaired) electrons. The molecule has 0 unspecified atom stereocenters. The molecule has 1 aromatic carbocycles. The number of primary amides is 1. The topological polar surface area (TPSA) is 93.4 Å². The van der Waals surface area contributed by atoms with Gasteiger partial charge in [0.25, 0.3) is 11.8 Å². The van der Waals surface area contributed by atoms with Crippen molar-refractivity contribution >= 4 is 17.5 Å². The number of amides is 2. The molecule has 1 heterocycles. The van der Waals surface area contributed by atoms with Gasteiger partial charge in [-0.25, -0.2) is 0 Å². The predicted molar refractivity (Wildman–Crippen MR) is 75.3 cm³/mol. The Labute approximate surface area is 117 Å². The minimum absolute atomic E-state index is 0.131. The summed E-state index contributed by atoms with van der Waals surface area (Å²) >= 11 is 0. The van der Waals surface area contributed by atoms with E-state index in [-0.39, 0.29) is 12.5 Å². The third-order valence-electron chi connectivity index (χ3n) is 3.02. The highest BCUT2D eigenvalue weighted by Gasteiger charge is 2.16. The number of nitrogens with one attached hydrogen (secondary N) is 2. The van der Waals surface area contributed by atoms with Crippen molar-refractivity contribution in [1.29, 1.82) is 0 Å². The van der Waals surface area contributed by atoms with Crippen molar-refractivity contribution in [2.45, 2.75) is 6.92 Å². The molecule has 1 aliphatic heterocycles. The Morgan fingerprint density at radius 2 is 2.15 bits per heavy atom. The Balaban J connectivity index is 2.00. The fourth-order valence-electron chi connectivity index (χ4n) is 1.72. The van der Waals surface area contributed by atoms with E-state index in [2.05, 4.69) is 10.6 Å². The van der Waals surface area contributed by atoms with Crippen LogP contribution >= 0.6 is 0 Å². The van der Waals surface area contributed by atoms with Crippen molar-refractivity contribution in [2.24, 2.45) is 5.73 Å². The van der Waals surface area contributed by atoms with Crippen LogP contribution in [-0.4, -0.2) is 31.5 Å². The fraction of sp³-hybridized carbons (Fsp3) is 0.286. The molecular weight excluding hydrogens is 258 g/mol. The number of carbonyl (C=O) groups is 2. The molecule has 4 N–H and O–H groups in total. The number of hydrogen-bond donors (Lipinski definition) is 3. The summed E-state index contributed by atoms with van der Waals surface area (Å²) in [7, 11) is 0. The Bertz CT molecular complexity index is 561. The quantitative estimate of drug-likeness (QED) is 0.678. The molecule has 20 heavy (non-hydrogen) atoms. The monoisotopic (exact) mass is 275 g/mol. The molecule has 6 nitrogen and oxygen atoms in total. The van der Waals surface area contributed by atoms with Crippen LogP contribution in [0.4, 0.5) is 5.69 Å². The van der Waals surface area contributed by atoms with Crippen LogP contribution in [0.3, 0.4) is 0 Å². The lowest BCUT2D eigenvalue weighted by molar-refractivity contribution is -0.120. The molecule has 0 atom stereocenters. The van der Waals surface area contributed by atoms with Crippen LogP contribution in [0.2, 0.25) is 0 Å². The Kier molecular flexibility index (Phi) is 4.37. The van der Waals surface area contributed by atoms with E-state index in [1.165, 1.54) is 0 Å². The first-order chi connectivity index (χ1) is 9.56. The maximum absolute atomic E-state index is 12.0. The average molecular weight is 275 g/mol. The van der Waals surface area contributed by atoms with Crippen LogP contribution < -0.4 is 21.1 Å². The lowest BCUT2D eigenvalue weighted by Gasteiger charge is -2.21. The van der Waals surface area contributed by atoms with Crippen molar-refractivity contribution in [3.05, 3.63) is 35.4 Å². The van der Waals surface area contributed by atoms with Gasteiger partial charge in [-0.2, -0.15) is 0 Å². The summed E-state index contributed by atoms with van der Waals surface area (Å²) < 4.78 is 5.18. The highest BCUT2D eigenvalue weighted by molar-refractivity contribution is 6.04. The lowest BCUT2D eigenvalue weighted by atomic mass is 10.0. The highest BCUT2D eigenvalue weighted by Crippen LogP contribution is 2.18. The summed E-state index contributed by atoms with van der Waals surface area (Å²) in [4.78, 5) is 22.7. The molecule has 1 fully saturated rings. The van der Waals surface area contributed by atoms with Crippen LogP contribution in [-0.2, 0) is 9.59 Å². The van der Waals surface area contributed by atoms with E-state index >= 15 is 0 Å². The summed E-state index contributed by atoms with van der Waals surface area (Å²) in [6, 6.07) is 6.84. The van der Waals surface area contributed by atoms with Crippen molar-refractivity contribution in [3.63, 3.8) is 0 Å². The minimum Gasteiger partial charge on any atom is -0.484 e. The zero-order chi connectivity index (χ0) is 14.5. The van der Waals surface area contributed by atoms with Gasteiger partial charge in [0.1, 0.15) is 5.75 Å². The molecular formula is C14H17N3O3. The van der Waals surface area contributed by atoms with Crippen molar-refractivity contribution in [3.8, 4) is 5.75 Å². The van der Waals surface area contributed by atoms with E-state index in [0.717, 1.165) is 24.2 Å². The first-order valence-electron chi connectivity index (χ1n) is 6.28. The largest absolute Gasteiger partial charge is 0.484 e. The van der Waals surface area contributed by atoms with Gasteiger partial charge in [0.2, 0.25) is 0 Å². The lowest BCUT2D eigenvalue weighted by Crippen LogP contribution is -2.36. The van der Waals surface area contributed by atoms with Gasteiger partial charge in [-0.05, 0) is 24.6 Å². The number of benzene rings is 1. The van der Waals surface area contributed by atoms with Gasteiger partial charge < -0.3 is 21.1 Å². The zero-order valence-corrected chi connectivity index (χ0v) is 11.2. The number of anilines is 1. The van der Waals surface area contributed by atoms with Gasteiger partial charge >= 0.3 is 0 Å².